The molecule has 0 radical (unpaired) electrons. The summed E-state index contributed by atoms with van der Waals surface area (Å²) in [6.07, 6.45) is 3.27. The molecule has 1 aliphatic heterocycles. The molecule has 6 nitrogen and oxygen atoms in total. The Morgan fingerprint density at radius 3 is 2.50 bits per heavy atom. The Labute approximate surface area is 104 Å². The summed E-state index contributed by atoms with van der Waals surface area (Å²) in [7, 11) is 0. The summed E-state index contributed by atoms with van der Waals surface area (Å²) in [5.41, 5.74) is 4.18. The third-order valence-corrected chi connectivity index (χ3v) is 3.16. The van der Waals surface area contributed by atoms with E-state index in [1.165, 1.54) is 0 Å². The Morgan fingerprint density at radius 2 is 2.00 bits per heavy atom. The van der Waals surface area contributed by atoms with Gasteiger partial charge in [0.25, 0.3) is 0 Å². The lowest BCUT2D eigenvalue weighted by molar-refractivity contribution is -0.154. The highest BCUT2D eigenvalue weighted by atomic mass is 19.1. The summed E-state index contributed by atoms with van der Waals surface area (Å²) < 4.78 is 13.8. The van der Waals surface area contributed by atoms with Crippen LogP contribution in [0.2, 0.25) is 0 Å². The van der Waals surface area contributed by atoms with Gasteiger partial charge in [-0.1, -0.05) is 0 Å². The zero-order valence-electron chi connectivity index (χ0n) is 9.84. The first-order valence-corrected chi connectivity index (χ1v) is 5.71. The molecule has 98 valence electrons. The second kappa shape index (κ2) is 4.85. The summed E-state index contributed by atoms with van der Waals surface area (Å²) in [5, 5.41) is 8.78. The number of nitrogens with two attached hydrogens (primary N) is 1. The van der Waals surface area contributed by atoms with Gasteiger partial charge in [0.1, 0.15) is 0 Å². The van der Waals surface area contributed by atoms with Gasteiger partial charge < -0.3 is 10.8 Å². The van der Waals surface area contributed by atoms with Crippen LogP contribution in [0.3, 0.4) is 0 Å². The van der Waals surface area contributed by atoms with E-state index in [1.807, 2.05) is 4.90 Å². The van der Waals surface area contributed by atoms with Crippen LogP contribution in [-0.4, -0.2) is 44.7 Å². The van der Waals surface area contributed by atoms with Crippen LogP contribution < -0.4 is 5.73 Å². The van der Waals surface area contributed by atoms with E-state index < -0.39 is 11.6 Å². The lowest BCUT2D eigenvalue weighted by atomic mass is 9.93. The molecule has 3 N–H and O–H groups in total. The molecule has 2 heterocycles. The van der Waals surface area contributed by atoms with E-state index in [0.29, 0.717) is 19.6 Å². The van der Waals surface area contributed by atoms with Gasteiger partial charge in [-0.15, -0.1) is 0 Å². The molecule has 1 fully saturated rings. The maximum Gasteiger partial charge on any atom is 0.341 e. The van der Waals surface area contributed by atoms with Crippen molar-refractivity contribution in [3.63, 3.8) is 0 Å². The number of aliphatic carboxylic acids is 1. The molecule has 7 heteroatoms. The minimum atomic E-state index is -2.08. The molecule has 18 heavy (non-hydrogen) atoms. The number of rotatable bonds is 3. The first kappa shape index (κ1) is 12.7. The molecule has 0 aliphatic carbocycles. The number of anilines is 1. The smallest absolute Gasteiger partial charge is 0.341 e. The van der Waals surface area contributed by atoms with Gasteiger partial charge >= 0.3 is 5.97 Å². The molecule has 2 rings (SSSR count). The van der Waals surface area contributed by atoms with Crippen LogP contribution in [0.25, 0.3) is 0 Å². The summed E-state index contributed by atoms with van der Waals surface area (Å²) in [6, 6.07) is 0. The van der Waals surface area contributed by atoms with Gasteiger partial charge in [-0.2, -0.15) is 0 Å². The fourth-order valence-electron chi connectivity index (χ4n) is 1.98. The predicted octanol–water partition coefficient (Wildman–Crippen LogP) is 0.447. The van der Waals surface area contributed by atoms with Gasteiger partial charge in [0.2, 0.25) is 11.6 Å². The van der Waals surface area contributed by atoms with Gasteiger partial charge in [0.05, 0.1) is 0 Å². The van der Waals surface area contributed by atoms with E-state index in [4.69, 9.17) is 10.8 Å². The third kappa shape index (κ3) is 2.73. The summed E-state index contributed by atoms with van der Waals surface area (Å²) in [4.78, 5) is 20.5. The first-order chi connectivity index (χ1) is 8.49. The lowest BCUT2D eigenvalue weighted by Crippen LogP contribution is -2.46. The van der Waals surface area contributed by atoms with Gasteiger partial charge in [-0.05, 0) is 0 Å². The van der Waals surface area contributed by atoms with Crippen molar-refractivity contribution in [2.45, 2.75) is 25.1 Å². The van der Waals surface area contributed by atoms with Crippen molar-refractivity contribution in [1.82, 2.24) is 14.9 Å². The van der Waals surface area contributed by atoms with Crippen LogP contribution >= 0.6 is 0 Å². The van der Waals surface area contributed by atoms with Crippen LogP contribution in [-0.2, 0) is 11.3 Å². The quantitative estimate of drug-likeness (QED) is 0.813. The van der Waals surface area contributed by atoms with E-state index in [2.05, 4.69) is 9.97 Å². The number of carboxylic acids is 1. The molecule has 0 amide bonds. The molecule has 0 spiro atoms. The number of aromatic nitrogens is 2. The van der Waals surface area contributed by atoms with E-state index in [-0.39, 0.29) is 18.8 Å². The fraction of sp³-hybridized carbons (Fsp3) is 0.545. The molecule has 1 aromatic heterocycles. The molecule has 0 atom stereocenters. The minimum Gasteiger partial charge on any atom is -0.479 e. The van der Waals surface area contributed by atoms with Crippen LogP contribution in [0.5, 0.6) is 0 Å². The maximum atomic E-state index is 13.8. The maximum absolute atomic E-state index is 13.8. The monoisotopic (exact) mass is 254 g/mol. The largest absolute Gasteiger partial charge is 0.479 e. The van der Waals surface area contributed by atoms with Crippen molar-refractivity contribution in [3.05, 3.63) is 18.0 Å². The normalized spacial score (nSPS) is 19.6. The fourth-order valence-corrected chi connectivity index (χ4v) is 1.98. The highest BCUT2D eigenvalue weighted by molar-refractivity contribution is 5.77. The highest BCUT2D eigenvalue weighted by Gasteiger charge is 2.41. The number of halogens is 1. The molecule has 0 aromatic carbocycles. The Kier molecular flexibility index (Phi) is 3.42. The van der Waals surface area contributed by atoms with Crippen LogP contribution in [0, 0.1) is 0 Å². The number of piperidine rings is 1. The molecule has 0 unspecified atom stereocenters. The third-order valence-electron chi connectivity index (χ3n) is 3.16. The molecule has 1 aromatic rings. The zero-order valence-corrected chi connectivity index (χ0v) is 9.84. The Morgan fingerprint density at radius 1 is 1.44 bits per heavy atom. The second-order valence-corrected chi connectivity index (χ2v) is 4.50. The molecule has 1 aliphatic rings. The molecule has 0 saturated carbocycles. The van der Waals surface area contributed by atoms with Crippen molar-refractivity contribution in [2.24, 2.45) is 0 Å². The highest BCUT2D eigenvalue weighted by Crippen LogP contribution is 2.27. The first-order valence-electron chi connectivity index (χ1n) is 5.71. The van der Waals surface area contributed by atoms with Crippen molar-refractivity contribution in [1.29, 1.82) is 0 Å². The number of carboxylic acid groups (broad SMARTS) is 1. The number of alkyl halides is 1. The number of carbonyl (C=O) groups is 1. The molecular formula is C11H15FN4O2. The van der Waals surface area contributed by atoms with Crippen LogP contribution in [0.4, 0.5) is 10.3 Å². The topological polar surface area (TPSA) is 92.3 Å². The average molecular weight is 254 g/mol. The summed E-state index contributed by atoms with van der Waals surface area (Å²) >= 11 is 0. The van der Waals surface area contributed by atoms with Crippen molar-refractivity contribution in [3.8, 4) is 0 Å². The predicted molar refractivity (Wildman–Crippen MR) is 62.4 cm³/mol. The number of nitrogens with zero attached hydrogens (tertiary/aromatic N) is 3. The van der Waals surface area contributed by atoms with Crippen LogP contribution in [0.1, 0.15) is 18.4 Å². The van der Waals surface area contributed by atoms with Crippen molar-refractivity contribution >= 4 is 11.9 Å². The Balaban J connectivity index is 1.91. The standard InChI is InChI=1S/C11H15FN4O2/c12-11(9(17)18)1-3-16(4-2-11)7-8-5-14-10(13)15-6-8/h5-6H,1-4,7H2,(H,17,18)(H2,13,14,15). The number of hydrogen-bond donors (Lipinski definition) is 2. The number of hydrogen-bond acceptors (Lipinski definition) is 5. The van der Waals surface area contributed by atoms with E-state index in [1.54, 1.807) is 12.4 Å². The zero-order chi connectivity index (χ0) is 13.2. The van der Waals surface area contributed by atoms with E-state index in [9.17, 15) is 9.18 Å². The SMILES string of the molecule is Nc1ncc(CN2CCC(F)(C(=O)O)CC2)cn1. The van der Waals surface area contributed by atoms with Crippen LogP contribution in [0.15, 0.2) is 12.4 Å². The van der Waals surface area contributed by atoms with Crippen molar-refractivity contribution < 1.29 is 14.3 Å². The van der Waals surface area contributed by atoms with E-state index in [0.717, 1.165) is 5.56 Å². The summed E-state index contributed by atoms with van der Waals surface area (Å²) in [6.45, 7) is 1.40. The average Bonchev–Trinajstić information content (AvgIpc) is 2.35. The van der Waals surface area contributed by atoms with E-state index >= 15 is 0 Å². The van der Waals surface area contributed by atoms with Gasteiger partial charge in [-0.3, -0.25) is 4.90 Å². The molecule has 0 bridgehead atoms. The number of nitrogen functional groups attached to an aromatic ring is 1. The van der Waals surface area contributed by atoms with Crippen molar-refractivity contribution in [2.75, 3.05) is 18.8 Å². The van der Waals surface area contributed by atoms with Gasteiger partial charge in [0, 0.05) is 50.4 Å². The second-order valence-electron chi connectivity index (χ2n) is 4.50. The Hall–Kier alpha value is -1.76. The Bertz CT molecular complexity index is 429. The molecule has 1 saturated heterocycles. The number of likely N-dealkylation sites (tertiary alicyclic amines) is 1. The van der Waals surface area contributed by atoms with Gasteiger partial charge in [0.15, 0.2) is 0 Å². The minimum absolute atomic E-state index is 0.0121. The summed E-state index contributed by atoms with van der Waals surface area (Å²) in [5.74, 6) is -1.15. The van der Waals surface area contributed by atoms with Gasteiger partial charge in [-0.25, -0.2) is 19.2 Å². The molecular weight excluding hydrogens is 239 g/mol. The lowest BCUT2D eigenvalue weighted by Gasteiger charge is -2.33.